The minimum absolute atomic E-state index is 0.168. The van der Waals surface area contributed by atoms with Crippen LogP contribution in [-0.4, -0.2) is 41.4 Å². The van der Waals surface area contributed by atoms with Crippen molar-refractivity contribution in [1.82, 2.24) is 14.1 Å². The number of pyridine rings is 1. The molecule has 0 aliphatic carbocycles. The third kappa shape index (κ3) is 4.79. The van der Waals surface area contributed by atoms with Gasteiger partial charge in [0, 0.05) is 12.7 Å². The van der Waals surface area contributed by atoms with Gasteiger partial charge in [0.2, 0.25) is 0 Å². The molecule has 2 heterocycles. The van der Waals surface area contributed by atoms with Gasteiger partial charge in [-0.1, -0.05) is 18.2 Å². The molecule has 0 N–H and O–H groups in total. The Kier molecular flexibility index (Phi) is 6.96. The summed E-state index contributed by atoms with van der Waals surface area (Å²) in [5, 5.41) is 0. The van der Waals surface area contributed by atoms with Gasteiger partial charge in [0.15, 0.2) is 17.0 Å². The first-order chi connectivity index (χ1) is 17.0. The number of aromatic nitrogens is 3. The molecule has 2 aromatic carbocycles. The Balaban J connectivity index is 1.71. The van der Waals surface area contributed by atoms with E-state index in [2.05, 4.69) is 4.98 Å². The first-order valence-electron chi connectivity index (χ1n) is 10.9. The zero-order valence-corrected chi connectivity index (χ0v) is 19.7. The highest BCUT2D eigenvalue weighted by Crippen LogP contribution is 2.27. The average Bonchev–Trinajstić information content (AvgIpc) is 2.90. The van der Waals surface area contributed by atoms with Gasteiger partial charge in [-0.2, -0.15) is 0 Å². The molecule has 0 unspecified atom stereocenters. The van der Waals surface area contributed by atoms with Crippen molar-refractivity contribution in [3.8, 4) is 11.5 Å². The van der Waals surface area contributed by atoms with Gasteiger partial charge in [-0.15, -0.1) is 0 Å². The smallest absolute Gasteiger partial charge is 0.337 e. The Bertz CT molecular complexity index is 1490. The van der Waals surface area contributed by atoms with Crippen LogP contribution in [0.2, 0.25) is 0 Å². The molecule has 35 heavy (non-hydrogen) atoms. The van der Waals surface area contributed by atoms with Crippen molar-refractivity contribution in [1.29, 1.82) is 0 Å². The van der Waals surface area contributed by atoms with Gasteiger partial charge in [-0.25, -0.2) is 14.6 Å². The van der Waals surface area contributed by atoms with Crippen LogP contribution in [0.1, 0.15) is 21.5 Å². The molecule has 0 spiro atoms. The lowest BCUT2D eigenvalue weighted by atomic mass is 10.1. The number of nitrogens with zero attached hydrogens (tertiary/aromatic N) is 3. The SMILES string of the molecule is COC(=O)c1ccc(Cn2c(=O)n(CCc3ccc(OC)c(OC)c3)c(=O)c3ncccc32)cc1. The van der Waals surface area contributed by atoms with Crippen LogP contribution in [0.5, 0.6) is 11.5 Å². The van der Waals surface area contributed by atoms with E-state index in [4.69, 9.17) is 14.2 Å². The molecule has 0 saturated heterocycles. The Labute approximate surface area is 201 Å². The zero-order valence-electron chi connectivity index (χ0n) is 19.7. The molecule has 4 aromatic rings. The minimum atomic E-state index is -0.441. The summed E-state index contributed by atoms with van der Waals surface area (Å²) in [6.07, 6.45) is 1.96. The zero-order chi connectivity index (χ0) is 24.9. The number of methoxy groups -OCH3 is 3. The maximum atomic E-state index is 13.5. The largest absolute Gasteiger partial charge is 0.493 e. The third-order valence-corrected chi connectivity index (χ3v) is 5.77. The third-order valence-electron chi connectivity index (χ3n) is 5.77. The highest BCUT2D eigenvalue weighted by Gasteiger charge is 2.15. The van der Waals surface area contributed by atoms with Crippen LogP contribution in [0.3, 0.4) is 0 Å². The summed E-state index contributed by atoms with van der Waals surface area (Å²) in [4.78, 5) is 42.6. The van der Waals surface area contributed by atoms with Crippen LogP contribution < -0.4 is 20.7 Å². The average molecular weight is 476 g/mol. The molecule has 9 nitrogen and oxygen atoms in total. The van der Waals surface area contributed by atoms with Crippen molar-refractivity contribution >= 4 is 17.0 Å². The Morgan fingerprint density at radius 1 is 0.886 bits per heavy atom. The molecule has 0 bridgehead atoms. The topological polar surface area (TPSA) is 102 Å². The predicted molar refractivity (Wildman–Crippen MR) is 130 cm³/mol. The molecule has 4 rings (SSSR count). The first-order valence-corrected chi connectivity index (χ1v) is 10.9. The Morgan fingerprint density at radius 3 is 2.29 bits per heavy atom. The van der Waals surface area contributed by atoms with E-state index in [9.17, 15) is 14.4 Å². The molecular formula is C26H25N3O6. The summed E-state index contributed by atoms with van der Waals surface area (Å²) < 4.78 is 18.1. The summed E-state index contributed by atoms with van der Waals surface area (Å²) in [7, 11) is 4.43. The highest BCUT2D eigenvalue weighted by molar-refractivity contribution is 5.89. The van der Waals surface area contributed by atoms with E-state index in [1.54, 1.807) is 56.7 Å². The van der Waals surface area contributed by atoms with E-state index in [0.717, 1.165) is 11.1 Å². The van der Waals surface area contributed by atoms with E-state index < -0.39 is 17.2 Å². The van der Waals surface area contributed by atoms with Gasteiger partial charge in [0.25, 0.3) is 5.56 Å². The maximum absolute atomic E-state index is 13.5. The number of esters is 1. The first kappa shape index (κ1) is 23.7. The van der Waals surface area contributed by atoms with E-state index >= 15 is 0 Å². The van der Waals surface area contributed by atoms with Gasteiger partial charge in [0.05, 0.1) is 39.0 Å². The lowest BCUT2D eigenvalue weighted by molar-refractivity contribution is 0.0600. The summed E-state index contributed by atoms with van der Waals surface area (Å²) in [5.74, 6) is 0.737. The predicted octanol–water partition coefficient (Wildman–Crippen LogP) is 2.65. The second kappa shape index (κ2) is 10.3. The lowest BCUT2D eigenvalue weighted by Gasteiger charge is -2.14. The molecule has 0 aliphatic rings. The van der Waals surface area contributed by atoms with E-state index in [0.29, 0.717) is 29.0 Å². The second-order valence-corrected chi connectivity index (χ2v) is 7.82. The Hall–Kier alpha value is -4.40. The second-order valence-electron chi connectivity index (χ2n) is 7.82. The van der Waals surface area contributed by atoms with Crippen LogP contribution in [0.4, 0.5) is 0 Å². The van der Waals surface area contributed by atoms with Gasteiger partial charge >= 0.3 is 11.7 Å². The summed E-state index contributed by atoms with van der Waals surface area (Å²) in [6.45, 7) is 0.375. The molecule has 180 valence electrons. The molecule has 0 aliphatic heterocycles. The monoisotopic (exact) mass is 475 g/mol. The molecule has 0 fully saturated rings. The quantitative estimate of drug-likeness (QED) is 0.361. The van der Waals surface area contributed by atoms with Crippen LogP contribution in [0.15, 0.2) is 70.4 Å². The Morgan fingerprint density at radius 2 is 1.60 bits per heavy atom. The number of carbonyl (C=O) groups is 1. The van der Waals surface area contributed by atoms with Crippen LogP contribution >= 0.6 is 0 Å². The van der Waals surface area contributed by atoms with Crippen molar-refractivity contribution < 1.29 is 19.0 Å². The van der Waals surface area contributed by atoms with Crippen molar-refractivity contribution in [2.24, 2.45) is 0 Å². The number of benzene rings is 2. The molecule has 0 radical (unpaired) electrons. The fourth-order valence-corrected chi connectivity index (χ4v) is 3.92. The van der Waals surface area contributed by atoms with Gasteiger partial charge < -0.3 is 14.2 Å². The summed E-state index contributed by atoms with van der Waals surface area (Å²) >= 11 is 0. The standard InChI is InChI=1S/C26H25N3O6/c1-33-21-11-8-17(15-22(21)34-2)12-14-28-24(30)23-20(5-4-13-27-23)29(26(28)32)16-18-6-9-19(10-7-18)25(31)35-3/h4-11,13,15H,12,14,16H2,1-3H3. The summed E-state index contributed by atoms with van der Waals surface area (Å²) in [6, 6.07) is 15.6. The normalized spacial score (nSPS) is 10.8. The molecular weight excluding hydrogens is 450 g/mol. The fourth-order valence-electron chi connectivity index (χ4n) is 3.92. The van der Waals surface area contributed by atoms with Crippen LogP contribution in [-0.2, 0) is 24.2 Å². The fraction of sp³-hybridized carbons (Fsp3) is 0.231. The van der Waals surface area contributed by atoms with Crippen molar-refractivity contribution in [3.63, 3.8) is 0 Å². The number of rotatable bonds is 8. The van der Waals surface area contributed by atoms with Crippen molar-refractivity contribution in [2.45, 2.75) is 19.5 Å². The van der Waals surface area contributed by atoms with Crippen LogP contribution in [0, 0.1) is 0 Å². The molecule has 0 atom stereocenters. The molecule has 2 aromatic heterocycles. The minimum Gasteiger partial charge on any atom is -0.493 e. The maximum Gasteiger partial charge on any atom is 0.337 e. The van der Waals surface area contributed by atoms with E-state index in [-0.39, 0.29) is 18.6 Å². The molecule has 0 saturated carbocycles. The van der Waals surface area contributed by atoms with Crippen LogP contribution in [0.25, 0.3) is 11.0 Å². The van der Waals surface area contributed by atoms with Gasteiger partial charge in [-0.3, -0.25) is 13.9 Å². The van der Waals surface area contributed by atoms with Gasteiger partial charge in [-0.05, 0) is 53.9 Å². The van der Waals surface area contributed by atoms with E-state index in [1.165, 1.54) is 22.4 Å². The van der Waals surface area contributed by atoms with Crippen molar-refractivity contribution in [2.75, 3.05) is 21.3 Å². The van der Waals surface area contributed by atoms with E-state index in [1.807, 2.05) is 12.1 Å². The summed E-state index contributed by atoms with van der Waals surface area (Å²) in [5.41, 5.74) is 1.87. The van der Waals surface area contributed by atoms with Crippen molar-refractivity contribution in [3.05, 3.63) is 98.3 Å². The number of ether oxygens (including phenoxy) is 3. The molecule has 0 amide bonds. The highest BCUT2D eigenvalue weighted by atomic mass is 16.5. The van der Waals surface area contributed by atoms with Gasteiger partial charge in [0.1, 0.15) is 0 Å². The number of hydrogen-bond acceptors (Lipinski definition) is 7. The number of hydrogen-bond donors (Lipinski definition) is 0. The molecule has 9 heteroatoms. The number of aryl methyl sites for hydroxylation is 1. The lowest BCUT2D eigenvalue weighted by Crippen LogP contribution is -2.41. The number of carbonyl (C=O) groups excluding carboxylic acids is 1. The number of fused-ring (bicyclic) bond motifs is 1.